The third kappa shape index (κ3) is 2.73. The average molecular weight is 303 g/mol. The number of benzene rings is 1. The Hall–Kier alpha value is -2.41. The van der Waals surface area contributed by atoms with Crippen molar-refractivity contribution in [2.75, 3.05) is 6.26 Å². The summed E-state index contributed by atoms with van der Waals surface area (Å²) in [5.41, 5.74) is 2.38. The van der Waals surface area contributed by atoms with E-state index in [0.29, 0.717) is 28.0 Å². The van der Waals surface area contributed by atoms with E-state index in [2.05, 4.69) is 9.97 Å². The van der Waals surface area contributed by atoms with E-state index in [4.69, 9.17) is 0 Å². The van der Waals surface area contributed by atoms with Crippen molar-refractivity contribution < 1.29 is 13.6 Å². The fourth-order valence-electron chi connectivity index (χ4n) is 2.19. The van der Waals surface area contributed by atoms with E-state index >= 15 is 0 Å². The zero-order valence-electron chi connectivity index (χ0n) is 11.3. The molecule has 6 nitrogen and oxygen atoms in total. The molecule has 3 aromatic rings. The van der Waals surface area contributed by atoms with Crippen LogP contribution in [0.1, 0.15) is 5.56 Å². The van der Waals surface area contributed by atoms with Gasteiger partial charge in [-0.05, 0) is 29.8 Å². The van der Waals surface area contributed by atoms with E-state index in [1.165, 1.54) is 6.26 Å². The van der Waals surface area contributed by atoms with Crippen LogP contribution < -0.4 is 0 Å². The highest BCUT2D eigenvalue weighted by molar-refractivity contribution is 7.89. The van der Waals surface area contributed by atoms with Crippen molar-refractivity contribution in [3.05, 3.63) is 48.3 Å². The van der Waals surface area contributed by atoms with Gasteiger partial charge in [-0.1, -0.05) is 6.07 Å². The molecule has 108 valence electrons. The van der Waals surface area contributed by atoms with E-state index in [9.17, 15) is 13.6 Å². The van der Waals surface area contributed by atoms with Gasteiger partial charge in [0.2, 0.25) is 0 Å². The van der Waals surface area contributed by atoms with Crippen LogP contribution in [0.5, 0.6) is 0 Å². The molecule has 0 fully saturated rings. The van der Waals surface area contributed by atoms with Crippen LogP contribution in [0.2, 0.25) is 0 Å². The Morgan fingerprint density at radius 1 is 1.29 bits per heavy atom. The predicted molar refractivity (Wildman–Crippen MR) is 78.7 cm³/mol. The predicted octanol–water partition coefficient (Wildman–Crippen LogP) is 1.88. The second-order valence-electron chi connectivity index (χ2n) is 4.88. The molecule has 3 rings (SSSR count). The van der Waals surface area contributed by atoms with Crippen molar-refractivity contribution in [3.8, 4) is 11.4 Å². The van der Waals surface area contributed by atoms with Gasteiger partial charge in [0.25, 0.3) is 0 Å². The van der Waals surface area contributed by atoms with Gasteiger partial charge in [-0.2, -0.15) is 4.73 Å². The van der Waals surface area contributed by atoms with Gasteiger partial charge in [0.05, 0.1) is 11.3 Å². The zero-order valence-corrected chi connectivity index (χ0v) is 12.1. The summed E-state index contributed by atoms with van der Waals surface area (Å²) in [6.45, 7) is 0. The first-order chi connectivity index (χ1) is 9.94. The van der Waals surface area contributed by atoms with E-state index in [1.807, 2.05) is 0 Å². The van der Waals surface area contributed by atoms with Crippen LogP contribution >= 0.6 is 0 Å². The van der Waals surface area contributed by atoms with Crippen molar-refractivity contribution in [1.82, 2.24) is 14.7 Å². The number of hydrogen-bond donors (Lipinski definition) is 1. The molecule has 0 radical (unpaired) electrons. The minimum atomic E-state index is -3.11. The van der Waals surface area contributed by atoms with Crippen molar-refractivity contribution in [2.45, 2.75) is 5.75 Å². The van der Waals surface area contributed by atoms with Gasteiger partial charge in [-0.3, -0.25) is 4.98 Å². The first kappa shape index (κ1) is 13.6. The number of sulfone groups is 1. The molecule has 2 heterocycles. The van der Waals surface area contributed by atoms with Gasteiger partial charge < -0.3 is 5.21 Å². The van der Waals surface area contributed by atoms with Gasteiger partial charge in [-0.15, -0.1) is 0 Å². The molecule has 0 amide bonds. The van der Waals surface area contributed by atoms with E-state index < -0.39 is 9.84 Å². The lowest BCUT2D eigenvalue weighted by molar-refractivity contribution is 0.203. The summed E-state index contributed by atoms with van der Waals surface area (Å²) in [5, 5.41) is 10.2. The molecule has 0 aliphatic rings. The van der Waals surface area contributed by atoms with Crippen molar-refractivity contribution >= 4 is 20.9 Å². The molecule has 2 aromatic heterocycles. The van der Waals surface area contributed by atoms with Gasteiger partial charge in [0, 0.05) is 24.2 Å². The molecule has 1 aromatic carbocycles. The second-order valence-corrected chi connectivity index (χ2v) is 7.02. The number of nitrogens with zero attached hydrogens (tertiary/aromatic N) is 3. The van der Waals surface area contributed by atoms with Crippen LogP contribution in [-0.2, 0) is 15.6 Å². The van der Waals surface area contributed by atoms with E-state index in [0.717, 1.165) is 4.73 Å². The molecular weight excluding hydrogens is 290 g/mol. The Morgan fingerprint density at radius 3 is 2.76 bits per heavy atom. The third-order valence-corrected chi connectivity index (χ3v) is 3.90. The normalized spacial score (nSPS) is 11.9. The SMILES string of the molecule is CS(=O)(=O)Cc1ccc2c(c1)nc(-c1cccnc1)n2O. The number of hydrogen-bond acceptors (Lipinski definition) is 5. The molecular formula is C14H13N3O3S. The zero-order chi connectivity index (χ0) is 15.0. The molecule has 21 heavy (non-hydrogen) atoms. The highest BCUT2D eigenvalue weighted by Gasteiger charge is 2.13. The standard InChI is InChI=1S/C14H13N3O3S/c1-21(19,20)9-10-4-5-13-12(7-10)16-14(17(13)18)11-3-2-6-15-8-11/h2-8,18H,9H2,1H3. The Morgan fingerprint density at radius 2 is 2.10 bits per heavy atom. The van der Waals surface area contributed by atoms with Crippen LogP contribution in [0, 0.1) is 0 Å². The minimum Gasteiger partial charge on any atom is -0.426 e. The maximum atomic E-state index is 11.3. The van der Waals surface area contributed by atoms with E-state index in [-0.39, 0.29) is 5.75 Å². The summed E-state index contributed by atoms with van der Waals surface area (Å²) in [6, 6.07) is 8.54. The Balaban J connectivity index is 2.12. The molecule has 0 aliphatic carbocycles. The van der Waals surface area contributed by atoms with Gasteiger partial charge >= 0.3 is 0 Å². The van der Waals surface area contributed by atoms with Crippen molar-refractivity contribution in [2.24, 2.45) is 0 Å². The number of rotatable bonds is 3. The number of aromatic nitrogens is 3. The Bertz CT molecular complexity index is 902. The van der Waals surface area contributed by atoms with Gasteiger partial charge in [0.1, 0.15) is 5.52 Å². The van der Waals surface area contributed by atoms with Crippen molar-refractivity contribution in [3.63, 3.8) is 0 Å². The topological polar surface area (TPSA) is 85.1 Å². The first-order valence-electron chi connectivity index (χ1n) is 6.23. The summed E-state index contributed by atoms with van der Waals surface area (Å²) in [6.07, 6.45) is 4.42. The van der Waals surface area contributed by atoms with E-state index in [1.54, 1.807) is 42.7 Å². The van der Waals surface area contributed by atoms with Crippen LogP contribution in [0.4, 0.5) is 0 Å². The fraction of sp³-hybridized carbons (Fsp3) is 0.143. The monoisotopic (exact) mass is 303 g/mol. The number of imidazole rings is 1. The van der Waals surface area contributed by atoms with Gasteiger partial charge in [0.15, 0.2) is 15.7 Å². The Kier molecular flexibility index (Phi) is 3.13. The molecule has 0 saturated heterocycles. The van der Waals surface area contributed by atoms with Crippen LogP contribution in [-0.4, -0.2) is 34.6 Å². The molecule has 0 atom stereocenters. The second kappa shape index (κ2) is 4.85. The summed E-state index contributed by atoms with van der Waals surface area (Å²) in [7, 11) is -3.11. The molecule has 0 bridgehead atoms. The molecule has 0 aliphatic heterocycles. The molecule has 0 saturated carbocycles. The summed E-state index contributed by atoms with van der Waals surface area (Å²) >= 11 is 0. The van der Waals surface area contributed by atoms with Crippen LogP contribution in [0.25, 0.3) is 22.4 Å². The summed E-state index contributed by atoms with van der Waals surface area (Å²) in [5.74, 6) is 0.318. The summed E-state index contributed by atoms with van der Waals surface area (Å²) in [4.78, 5) is 8.35. The third-order valence-electron chi connectivity index (χ3n) is 3.04. The minimum absolute atomic E-state index is 0.0521. The lowest BCUT2D eigenvalue weighted by Gasteiger charge is -2.00. The Labute approximate surface area is 121 Å². The highest BCUT2D eigenvalue weighted by atomic mass is 32.2. The largest absolute Gasteiger partial charge is 0.426 e. The maximum absolute atomic E-state index is 11.3. The van der Waals surface area contributed by atoms with Crippen LogP contribution in [0.3, 0.4) is 0 Å². The average Bonchev–Trinajstić information content (AvgIpc) is 2.75. The number of pyridine rings is 1. The summed E-state index contributed by atoms with van der Waals surface area (Å²) < 4.78 is 23.7. The van der Waals surface area contributed by atoms with Gasteiger partial charge in [-0.25, -0.2) is 13.4 Å². The highest BCUT2D eigenvalue weighted by Crippen LogP contribution is 2.24. The number of fused-ring (bicyclic) bond motifs is 1. The lowest BCUT2D eigenvalue weighted by atomic mass is 10.2. The lowest BCUT2D eigenvalue weighted by Crippen LogP contribution is -2.00. The first-order valence-corrected chi connectivity index (χ1v) is 8.29. The fourth-order valence-corrected chi connectivity index (χ4v) is 2.97. The quantitative estimate of drug-likeness (QED) is 0.747. The smallest absolute Gasteiger partial charge is 0.178 e. The molecule has 1 N–H and O–H groups in total. The maximum Gasteiger partial charge on any atom is 0.178 e. The van der Waals surface area contributed by atoms with Crippen molar-refractivity contribution in [1.29, 1.82) is 0 Å². The molecule has 0 spiro atoms. The van der Waals surface area contributed by atoms with Crippen LogP contribution in [0.15, 0.2) is 42.7 Å². The molecule has 7 heteroatoms. The molecule has 0 unspecified atom stereocenters.